The Morgan fingerprint density at radius 2 is 2.18 bits per heavy atom. The maximum absolute atomic E-state index is 10.8. The average Bonchev–Trinajstić information content (AvgIpc) is 2.30. The van der Waals surface area contributed by atoms with Gasteiger partial charge in [-0.25, -0.2) is 0 Å². The fourth-order valence-corrected chi connectivity index (χ4v) is 0.925. The molecule has 0 spiro atoms. The van der Waals surface area contributed by atoms with Gasteiger partial charge < -0.3 is 9.47 Å². The van der Waals surface area contributed by atoms with Crippen molar-refractivity contribution in [3.63, 3.8) is 0 Å². The van der Waals surface area contributed by atoms with Crippen molar-refractivity contribution in [2.24, 2.45) is 0 Å². The number of hydrogen-bond acceptors (Lipinski definition) is 4. The van der Waals surface area contributed by atoms with Crippen LogP contribution in [0.25, 0.3) is 0 Å². The van der Waals surface area contributed by atoms with Gasteiger partial charge in [0.25, 0.3) is 0 Å². The summed E-state index contributed by atoms with van der Waals surface area (Å²) < 4.78 is 10.1. The van der Waals surface area contributed by atoms with Crippen molar-refractivity contribution in [3.8, 4) is 0 Å². The van der Waals surface area contributed by atoms with Crippen LogP contribution in [0.15, 0.2) is 0 Å². The molecule has 0 aromatic rings. The molecule has 1 heterocycles. The SMILES string of the molecule is O=CC(=O)C1CCOCCO1. The fraction of sp³-hybridized carbons (Fsp3) is 0.714. The zero-order valence-electron chi connectivity index (χ0n) is 6.12. The van der Waals surface area contributed by atoms with Crippen molar-refractivity contribution in [1.29, 1.82) is 0 Å². The van der Waals surface area contributed by atoms with Crippen molar-refractivity contribution in [1.82, 2.24) is 0 Å². The molecular weight excluding hydrogens is 148 g/mol. The van der Waals surface area contributed by atoms with Crippen molar-refractivity contribution in [3.05, 3.63) is 0 Å². The zero-order chi connectivity index (χ0) is 8.10. The van der Waals surface area contributed by atoms with Gasteiger partial charge in [0.1, 0.15) is 6.10 Å². The largest absolute Gasteiger partial charge is 0.379 e. The highest BCUT2D eigenvalue weighted by molar-refractivity contribution is 6.27. The molecule has 11 heavy (non-hydrogen) atoms. The molecule has 1 rings (SSSR count). The van der Waals surface area contributed by atoms with E-state index in [0.29, 0.717) is 32.5 Å². The molecular formula is C7H10O4. The van der Waals surface area contributed by atoms with E-state index in [1.165, 1.54) is 0 Å². The Morgan fingerprint density at radius 1 is 1.36 bits per heavy atom. The fourth-order valence-electron chi connectivity index (χ4n) is 0.925. The van der Waals surface area contributed by atoms with Crippen LogP contribution < -0.4 is 0 Å². The molecule has 0 aromatic carbocycles. The van der Waals surface area contributed by atoms with E-state index in [1.807, 2.05) is 0 Å². The third-order valence-corrected chi connectivity index (χ3v) is 1.50. The summed E-state index contributed by atoms with van der Waals surface area (Å²) in [5, 5.41) is 0. The van der Waals surface area contributed by atoms with E-state index in [0.717, 1.165) is 0 Å². The van der Waals surface area contributed by atoms with E-state index in [1.54, 1.807) is 0 Å². The Bertz CT molecular complexity index is 147. The van der Waals surface area contributed by atoms with Crippen molar-refractivity contribution >= 4 is 12.1 Å². The first-order valence-electron chi connectivity index (χ1n) is 3.53. The predicted octanol–water partition coefficient (Wildman–Crippen LogP) is -0.440. The number of ether oxygens (including phenoxy) is 2. The van der Waals surface area contributed by atoms with Gasteiger partial charge in [0.15, 0.2) is 6.29 Å². The van der Waals surface area contributed by atoms with E-state index in [2.05, 4.69) is 0 Å². The number of rotatable bonds is 2. The van der Waals surface area contributed by atoms with Crippen LogP contribution in [0.1, 0.15) is 6.42 Å². The Kier molecular flexibility index (Phi) is 3.19. The van der Waals surface area contributed by atoms with Gasteiger partial charge >= 0.3 is 0 Å². The summed E-state index contributed by atoms with van der Waals surface area (Å²) in [6, 6.07) is 0. The number of carbonyl (C=O) groups excluding carboxylic acids is 2. The molecule has 0 N–H and O–H groups in total. The minimum atomic E-state index is -0.574. The van der Waals surface area contributed by atoms with Crippen LogP contribution in [-0.4, -0.2) is 38.0 Å². The molecule has 0 radical (unpaired) electrons. The second-order valence-electron chi connectivity index (χ2n) is 2.28. The smallest absolute Gasteiger partial charge is 0.223 e. The Morgan fingerprint density at radius 3 is 2.91 bits per heavy atom. The summed E-state index contributed by atoms with van der Waals surface area (Å²) in [6.45, 7) is 1.39. The number of ketones is 1. The van der Waals surface area contributed by atoms with E-state index >= 15 is 0 Å². The van der Waals surface area contributed by atoms with Crippen molar-refractivity contribution < 1.29 is 19.1 Å². The minimum Gasteiger partial charge on any atom is -0.379 e. The summed E-state index contributed by atoms with van der Waals surface area (Å²) in [4.78, 5) is 20.8. The van der Waals surface area contributed by atoms with Gasteiger partial charge in [0, 0.05) is 13.0 Å². The van der Waals surface area contributed by atoms with E-state index in [-0.39, 0.29) is 0 Å². The highest BCUT2D eigenvalue weighted by Crippen LogP contribution is 2.03. The van der Waals surface area contributed by atoms with Crippen LogP contribution in [0.5, 0.6) is 0 Å². The second-order valence-corrected chi connectivity index (χ2v) is 2.28. The number of aldehydes is 1. The van der Waals surface area contributed by atoms with Crippen LogP contribution in [-0.2, 0) is 19.1 Å². The molecule has 1 unspecified atom stereocenters. The zero-order valence-corrected chi connectivity index (χ0v) is 6.12. The molecule has 1 aliphatic heterocycles. The van der Waals surface area contributed by atoms with E-state index in [4.69, 9.17) is 9.47 Å². The molecule has 0 bridgehead atoms. The molecule has 4 nitrogen and oxygen atoms in total. The quantitative estimate of drug-likeness (QED) is 0.404. The predicted molar refractivity (Wildman–Crippen MR) is 36.2 cm³/mol. The van der Waals surface area contributed by atoms with E-state index < -0.39 is 11.9 Å². The first-order valence-corrected chi connectivity index (χ1v) is 3.53. The summed E-state index contributed by atoms with van der Waals surface area (Å²) in [6.07, 6.45) is 0.211. The summed E-state index contributed by atoms with van der Waals surface area (Å²) >= 11 is 0. The van der Waals surface area contributed by atoms with Gasteiger partial charge in [-0.2, -0.15) is 0 Å². The third-order valence-electron chi connectivity index (χ3n) is 1.50. The van der Waals surface area contributed by atoms with Crippen molar-refractivity contribution in [2.75, 3.05) is 19.8 Å². The molecule has 4 heteroatoms. The third kappa shape index (κ3) is 2.40. The molecule has 1 aliphatic rings. The normalized spacial score (nSPS) is 25.6. The molecule has 62 valence electrons. The summed E-state index contributed by atoms with van der Waals surface area (Å²) in [7, 11) is 0. The Balaban J connectivity index is 2.42. The summed E-state index contributed by atoms with van der Waals surface area (Å²) in [5.74, 6) is -0.490. The maximum atomic E-state index is 10.8. The lowest BCUT2D eigenvalue weighted by molar-refractivity contribution is -0.137. The molecule has 0 saturated carbocycles. The average molecular weight is 158 g/mol. The first-order chi connectivity index (χ1) is 5.34. The monoisotopic (exact) mass is 158 g/mol. The highest BCUT2D eigenvalue weighted by Gasteiger charge is 2.19. The minimum absolute atomic E-state index is 0.302. The number of Topliss-reactive ketones (excluding diaryl/α,β-unsaturated/α-hetero) is 1. The lowest BCUT2D eigenvalue weighted by Crippen LogP contribution is -2.25. The van der Waals surface area contributed by atoms with Gasteiger partial charge in [-0.15, -0.1) is 0 Å². The number of hydrogen-bond donors (Lipinski definition) is 0. The molecule has 1 saturated heterocycles. The van der Waals surface area contributed by atoms with Crippen LogP contribution in [0.2, 0.25) is 0 Å². The lowest BCUT2D eigenvalue weighted by Gasteiger charge is -2.07. The van der Waals surface area contributed by atoms with Crippen LogP contribution in [0.3, 0.4) is 0 Å². The summed E-state index contributed by atoms with van der Waals surface area (Å²) in [5.41, 5.74) is 0. The van der Waals surface area contributed by atoms with Crippen LogP contribution >= 0.6 is 0 Å². The van der Waals surface area contributed by atoms with E-state index in [9.17, 15) is 9.59 Å². The Labute approximate surface area is 64.5 Å². The topological polar surface area (TPSA) is 52.6 Å². The lowest BCUT2D eigenvalue weighted by atomic mass is 10.2. The molecule has 0 aromatic heterocycles. The molecule has 1 atom stereocenters. The molecule has 1 fully saturated rings. The van der Waals surface area contributed by atoms with Crippen molar-refractivity contribution in [2.45, 2.75) is 12.5 Å². The Hall–Kier alpha value is -0.740. The molecule has 0 aliphatic carbocycles. The second kappa shape index (κ2) is 4.20. The standard InChI is InChI=1S/C7H10O4/c8-5-6(9)7-1-2-10-3-4-11-7/h5,7H,1-4H2. The van der Waals surface area contributed by atoms with Gasteiger partial charge in [-0.05, 0) is 0 Å². The maximum Gasteiger partial charge on any atom is 0.223 e. The molecule has 0 amide bonds. The first kappa shape index (κ1) is 8.36. The number of carbonyl (C=O) groups is 2. The van der Waals surface area contributed by atoms with Crippen LogP contribution in [0, 0.1) is 0 Å². The highest BCUT2D eigenvalue weighted by atomic mass is 16.5. The van der Waals surface area contributed by atoms with Gasteiger partial charge in [-0.3, -0.25) is 9.59 Å². The van der Waals surface area contributed by atoms with Gasteiger partial charge in [-0.1, -0.05) is 0 Å². The van der Waals surface area contributed by atoms with Gasteiger partial charge in [0.05, 0.1) is 13.2 Å². The van der Waals surface area contributed by atoms with Gasteiger partial charge in [0.2, 0.25) is 5.78 Å². The van der Waals surface area contributed by atoms with Crippen LogP contribution in [0.4, 0.5) is 0 Å².